The Labute approximate surface area is 107 Å². The number of hydrogen-bond donors (Lipinski definition) is 0. The molecule has 1 heterocycles. The molecule has 1 rings (SSSR count). The minimum absolute atomic E-state index is 0.447. The third kappa shape index (κ3) is 6.04. The number of likely N-dealkylation sites (tertiary alicyclic amines) is 1. The molecule has 0 radical (unpaired) electrons. The summed E-state index contributed by atoms with van der Waals surface area (Å²) in [5, 5.41) is 0. The zero-order valence-corrected chi connectivity index (χ0v) is 12.5. The smallest absolute Gasteiger partial charge is 0.121 e. The van der Waals surface area contributed by atoms with E-state index in [0.717, 1.165) is 31.8 Å². The van der Waals surface area contributed by atoms with Crippen molar-refractivity contribution in [1.82, 2.24) is 4.90 Å². The largest absolute Gasteiger partial charge is 0.303 e. The monoisotopic (exact) mass is 251 g/mol. The summed E-state index contributed by atoms with van der Waals surface area (Å²) in [5.41, 5.74) is 0. The standard InChI is InChI=1S/C14H25NOSi/c1-17(2,3)13-7-6-11-15-10-5-4-8-14(15)9-12-16/h12,14H,4-5,8-11,13H2,1-3H3. The van der Waals surface area contributed by atoms with Crippen LogP contribution in [0.2, 0.25) is 25.7 Å². The highest BCUT2D eigenvalue weighted by Gasteiger charge is 2.20. The Morgan fingerprint density at radius 3 is 2.71 bits per heavy atom. The van der Waals surface area contributed by atoms with Crippen LogP contribution >= 0.6 is 0 Å². The van der Waals surface area contributed by atoms with E-state index in [2.05, 4.69) is 36.4 Å². The molecule has 0 N–H and O–H groups in total. The molecule has 0 bridgehead atoms. The maximum atomic E-state index is 10.6. The van der Waals surface area contributed by atoms with Gasteiger partial charge in [0.2, 0.25) is 0 Å². The van der Waals surface area contributed by atoms with E-state index in [1.807, 2.05) is 0 Å². The average molecular weight is 251 g/mol. The predicted molar refractivity (Wildman–Crippen MR) is 75.8 cm³/mol. The summed E-state index contributed by atoms with van der Waals surface area (Å²) in [5.74, 6) is 6.61. The van der Waals surface area contributed by atoms with Gasteiger partial charge in [-0.1, -0.05) is 32.0 Å². The van der Waals surface area contributed by atoms with Crippen LogP contribution in [0.15, 0.2) is 0 Å². The highest BCUT2D eigenvalue weighted by atomic mass is 28.3. The van der Waals surface area contributed by atoms with Crippen LogP contribution in [-0.2, 0) is 4.79 Å². The highest BCUT2D eigenvalue weighted by molar-refractivity contribution is 6.76. The second-order valence-corrected chi connectivity index (χ2v) is 11.6. The Bertz CT molecular complexity index is 298. The van der Waals surface area contributed by atoms with Crippen molar-refractivity contribution in [2.75, 3.05) is 13.1 Å². The molecule has 1 saturated heterocycles. The minimum Gasteiger partial charge on any atom is -0.303 e. The van der Waals surface area contributed by atoms with Crippen LogP contribution in [0.4, 0.5) is 0 Å². The molecule has 1 fully saturated rings. The van der Waals surface area contributed by atoms with Gasteiger partial charge in [-0.15, -0.1) is 5.92 Å². The van der Waals surface area contributed by atoms with Gasteiger partial charge in [-0.3, -0.25) is 4.90 Å². The van der Waals surface area contributed by atoms with E-state index in [1.54, 1.807) is 0 Å². The summed E-state index contributed by atoms with van der Waals surface area (Å²) in [6.07, 6.45) is 5.41. The fraction of sp³-hybridized carbons (Fsp3) is 0.786. The van der Waals surface area contributed by atoms with E-state index in [4.69, 9.17) is 0 Å². The van der Waals surface area contributed by atoms with Crippen molar-refractivity contribution >= 4 is 14.4 Å². The van der Waals surface area contributed by atoms with Gasteiger partial charge in [-0.2, -0.15) is 0 Å². The van der Waals surface area contributed by atoms with Gasteiger partial charge in [-0.05, 0) is 19.4 Å². The Hall–Kier alpha value is -0.593. The van der Waals surface area contributed by atoms with Crippen LogP contribution in [0.5, 0.6) is 0 Å². The fourth-order valence-corrected chi connectivity index (χ4v) is 2.79. The van der Waals surface area contributed by atoms with E-state index in [1.165, 1.54) is 12.8 Å². The van der Waals surface area contributed by atoms with Crippen molar-refractivity contribution in [2.24, 2.45) is 0 Å². The molecule has 1 aliphatic heterocycles. The third-order valence-corrected chi connectivity index (χ3v) is 4.38. The maximum absolute atomic E-state index is 10.6. The second-order valence-electron chi connectivity index (χ2n) is 6.11. The SMILES string of the molecule is C[Si](C)(C)CC#CCN1CCCCC1CC=O. The lowest BCUT2D eigenvalue weighted by atomic mass is 10.00. The van der Waals surface area contributed by atoms with Gasteiger partial charge in [0.05, 0.1) is 14.6 Å². The summed E-state index contributed by atoms with van der Waals surface area (Å²) in [7, 11) is -1.02. The number of hydrogen-bond acceptors (Lipinski definition) is 2. The molecule has 0 aromatic carbocycles. The first-order valence-electron chi connectivity index (χ1n) is 6.66. The molecule has 0 aromatic heterocycles. The zero-order valence-electron chi connectivity index (χ0n) is 11.5. The fourth-order valence-electron chi connectivity index (χ4n) is 2.13. The molecule has 96 valence electrons. The van der Waals surface area contributed by atoms with E-state index in [-0.39, 0.29) is 0 Å². The van der Waals surface area contributed by atoms with Crippen LogP contribution in [0, 0.1) is 11.8 Å². The van der Waals surface area contributed by atoms with Crippen LogP contribution in [0.3, 0.4) is 0 Å². The minimum atomic E-state index is -1.02. The van der Waals surface area contributed by atoms with E-state index >= 15 is 0 Å². The van der Waals surface area contributed by atoms with Gasteiger partial charge in [0.15, 0.2) is 0 Å². The van der Waals surface area contributed by atoms with E-state index in [9.17, 15) is 4.79 Å². The number of piperidine rings is 1. The maximum Gasteiger partial charge on any atom is 0.121 e. The molecule has 1 aliphatic rings. The van der Waals surface area contributed by atoms with Crippen LogP contribution < -0.4 is 0 Å². The van der Waals surface area contributed by atoms with Crippen LogP contribution in [-0.4, -0.2) is 38.4 Å². The second kappa shape index (κ2) is 6.98. The molecule has 0 saturated carbocycles. The number of nitrogens with zero attached hydrogens (tertiary/aromatic N) is 1. The first-order valence-corrected chi connectivity index (χ1v) is 10.4. The number of rotatable bonds is 4. The molecule has 1 unspecified atom stereocenters. The van der Waals surface area contributed by atoms with Crippen LogP contribution in [0.25, 0.3) is 0 Å². The summed E-state index contributed by atoms with van der Waals surface area (Å²) in [6, 6.07) is 1.53. The van der Waals surface area contributed by atoms with Gasteiger partial charge in [0.25, 0.3) is 0 Å². The van der Waals surface area contributed by atoms with Crippen molar-refractivity contribution in [1.29, 1.82) is 0 Å². The molecule has 1 atom stereocenters. The van der Waals surface area contributed by atoms with E-state index < -0.39 is 8.07 Å². The Kier molecular flexibility index (Phi) is 5.94. The highest BCUT2D eigenvalue weighted by Crippen LogP contribution is 2.18. The van der Waals surface area contributed by atoms with Crippen molar-refractivity contribution in [2.45, 2.75) is 57.4 Å². The number of carbonyl (C=O) groups excluding carboxylic acids is 1. The molecule has 0 aromatic rings. The van der Waals surface area contributed by atoms with Gasteiger partial charge >= 0.3 is 0 Å². The zero-order chi connectivity index (χ0) is 12.7. The van der Waals surface area contributed by atoms with Gasteiger partial charge in [0, 0.05) is 18.5 Å². The van der Waals surface area contributed by atoms with E-state index in [0.29, 0.717) is 12.5 Å². The summed E-state index contributed by atoms with van der Waals surface area (Å²) in [6.45, 7) is 9.00. The van der Waals surface area contributed by atoms with Gasteiger partial charge < -0.3 is 4.79 Å². The molecular weight excluding hydrogens is 226 g/mol. The molecule has 2 nitrogen and oxygen atoms in total. The normalized spacial score (nSPS) is 21.7. The lowest BCUT2D eigenvalue weighted by molar-refractivity contribution is -0.109. The summed E-state index contributed by atoms with van der Waals surface area (Å²) >= 11 is 0. The Morgan fingerprint density at radius 1 is 1.29 bits per heavy atom. The van der Waals surface area contributed by atoms with Crippen molar-refractivity contribution in [3.05, 3.63) is 0 Å². The third-order valence-electron chi connectivity index (χ3n) is 3.14. The molecule has 0 spiro atoms. The van der Waals surface area contributed by atoms with Crippen molar-refractivity contribution < 1.29 is 4.79 Å². The first kappa shape index (κ1) is 14.5. The van der Waals surface area contributed by atoms with Gasteiger partial charge in [0.1, 0.15) is 6.29 Å². The molecule has 3 heteroatoms. The molecule has 17 heavy (non-hydrogen) atoms. The van der Waals surface area contributed by atoms with Crippen LogP contribution in [0.1, 0.15) is 25.7 Å². The number of carbonyl (C=O) groups is 1. The molecular formula is C14H25NOSi. The first-order chi connectivity index (χ1) is 8.03. The Morgan fingerprint density at radius 2 is 2.06 bits per heavy atom. The van der Waals surface area contributed by atoms with Gasteiger partial charge in [-0.25, -0.2) is 0 Å². The lowest BCUT2D eigenvalue weighted by Gasteiger charge is -2.33. The van der Waals surface area contributed by atoms with Crippen molar-refractivity contribution in [3.63, 3.8) is 0 Å². The number of aldehydes is 1. The molecule has 0 aliphatic carbocycles. The predicted octanol–water partition coefficient (Wildman–Crippen LogP) is 2.77. The summed E-state index contributed by atoms with van der Waals surface area (Å²) < 4.78 is 0. The molecule has 0 amide bonds. The quantitative estimate of drug-likeness (QED) is 0.435. The lowest BCUT2D eigenvalue weighted by Crippen LogP contribution is -2.39. The average Bonchev–Trinajstić information content (AvgIpc) is 2.25. The topological polar surface area (TPSA) is 20.3 Å². The summed E-state index contributed by atoms with van der Waals surface area (Å²) in [4.78, 5) is 13.0. The van der Waals surface area contributed by atoms with Crippen molar-refractivity contribution in [3.8, 4) is 11.8 Å². The Balaban J connectivity index is 2.40.